The van der Waals surface area contributed by atoms with Gasteiger partial charge in [0, 0.05) is 10.0 Å². The second kappa shape index (κ2) is 3.99. The molecule has 0 radical (unpaired) electrons. The number of aryl methyl sites for hydroxylation is 1. The van der Waals surface area contributed by atoms with E-state index in [-0.39, 0.29) is 6.42 Å². The molecule has 70 valence electrons. The van der Waals surface area contributed by atoms with Crippen molar-refractivity contribution in [1.29, 1.82) is 0 Å². The molecule has 0 spiro atoms. The Kier molecular flexibility index (Phi) is 3.17. The number of carbonyl (C=O) groups is 1. The minimum absolute atomic E-state index is 0.0676. The molecule has 1 N–H and O–H groups in total. The summed E-state index contributed by atoms with van der Waals surface area (Å²) in [5.74, 6) is -0.896. The highest BCUT2D eigenvalue weighted by atomic mass is 35.5. The molecular weight excluding hydrogens is 211 g/mol. The second-order valence-electron chi connectivity index (χ2n) is 2.75. The molecule has 1 aromatic rings. The second-order valence-corrected chi connectivity index (χ2v) is 3.60. The lowest BCUT2D eigenvalue weighted by atomic mass is 10.1. The molecule has 0 unspecified atom stereocenters. The molecule has 0 fully saturated rings. The van der Waals surface area contributed by atoms with Gasteiger partial charge in [-0.05, 0) is 30.2 Å². The van der Waals surface area contributed by atoms with Gasteiger partial charge < -0.3 is 5.11 Å². The van der Waals surface area contributed by atoms with Gasteiger partial charge in [0.25, 0.3) is 0 Å². The summed E-state index contributed by atoms with van der Waals surface area (Å²) in [6, 6.07) is 3.25. The van der Waals surface area contributed by atoms with Crippen LogP contribution in [0.15, 0.2) is 12.1 Å². The van der Waals surface area contributed by atoms with Crippen molar-refractivity contribution >= 4 is 29.2 Å². The fraction of sp³-hybridized carbons (Fsp3) is 0.222. The summed E-state index contributed by atoms with van der Waals surface area (Å²) >= 11 is 11.6. The van der Waals surface area contributed by atoms with Gasteiger partial charge in [-0.3, -0.25) is 4.79 Å². The quantitative estimate of drug-likeness (QED) is 0.830. The van der Waals surface area contributed by atoms with Gasteiger partial charge in [-0.25, -0.2) is 0 Å². The monoisotopic (exact) mass is 218 g/mol. The van der Waals surface area contributed by atoms with Crippen molar-refractivity contribution in [3.05, 3.63) is 33.3 Å². The van der Waals surface area contributed by atoms with Gasteiger partial charge in [0.2, 0.25) is 0 Å². The van der Waals surface area contributed by atoms with E-state index in [1.807, 2.05) is 0 Å². The van der Waals surface area contributed by atoms with Crippen molar-refractivity contribution in [2.24, 2.45) is 0 Å². The van der Waals surface area contributed by atoms with E-state index < -0.39 is 5.97 Å². The van der Waals surface area contributed by atoms with Gasteiger partial charge in [-0.2, -0.15) is 0 Å². The van der Waals surface area contributed by atoms with Gasteiger partial charge in [0.1, 0.15) is 0 Å². The van der Waals surface area contributed by atoms with E-state index in [2.05, 4.69) is 0 Å². The third-order valence-electron chi connectivity index (χ3n) is 1.71. The van der Waals surface area contributed by atoms with Crippen LogP contribution >= 0.6 is 23.2 Å². The summed E-state index contributed by atoms with van der Waals surface area (Å²) in [4.78, 5) is 10.5. The maximum Gasteiger partial charge on any atom is 0.307 e. The Balaban J connectivity index is 3.13. The van der Waals surface area contributed by atoms with E-state index in [0.29, 0.717) is 15.6 Å². The Morgan fingerprint density at radius 1 is 1.46 bits per heavy atom. The molecule has 0 bridgehead atoms. The molecule has 0 aliphatic carbocycles. The van der Waals surface area contributed by atoms with Crippen LogP contribution in [-0.2, 0) is 11.2 Å². The van der Waals surface area contributed by atoms with Crippen LogP contribution < -0.4 is 0 Å². The fourth-order valence-corrected chi connectivity index (χ4v) is 1.77. The molecule has 13 heavy (non-hydrogen) atoms. The lowest BCUT2D eigenvalue weighted by Gasteiger charge is -2.05. The van der Waals surface area contributed by atoms with Crippen LogP contribution in [-0.4, -0.2) is 11.1 Å². The van der Waals surface area contributed by atoms with Gasteiger partial charge in [0.05, 0.1) is 6.42 Å². The molecule has 1 rings (SSSR count). The zero-order valence-corrected chi connectivity index (χ0v) is 8.49. The molecule has 2 nitrogen and oxygen atoms in total. The first-order chi connectivity index (χ1) is 6.00. The van der Waals surface area contributed by atoms with Gasteiger partial charge in [-0.15, -0.1) is 0 Å². The van der Waals surface area contributed by atoms with Crippen molar-refractivity contribution in [2.75, 3.05) is 0 Å². The van der Waals surface area contributed by atoms with E-state index in [1.165, 1.54) is 0 Å². The van der Waals surface area contributed by atoms with Crippen LogP contribution in [0.5, 0.6) is 0 Å². The minimum atomic E-state index is -0.896. The number of hydrogen-bond acceptors (Lipinski definition) is 1. The molecule has 1 aromatic carbocycles. The zero-order valence-electron chi connectivity index (χ0n) is 6.97. The number of halogens is 2. The number of carboxylic acid groups (broad SMARTS) is 1. The van der Waals surface area contributed by atoms with E-state index in [0.717, 1.165) is 5.56 Å². The summed E-state index contributed by atoms with van der Waals surface area (Å²) in [5, 5.41) is 9.53. The van der Waals surface area contributed by atoms with Crippen LogP contribution in [0.25, 0.3) is 0 Å². The van der Waals surface area contributed by atoms with Crippen molar-refractivity contribution < 1.29 is 9.90 Å². The number of hydrogen-bond donors (Lipinski definition) is 1. The Morgan fingerprint density at radius 3 is 2.54 bits per heavy atom. The normalized spacial score (nSPS) is 10.1. The van der Waals surface area contributed by atoms with Crippen molar-refractivity contribution in [3.8, 4) is 0 Å². The van der Waals surface area contributed by atoms with Crippen LogP contribution in [0.4, 0.5) is 0 Å². The van der Waals surface area contributed by atoms with E-state index in [4.69, 9.17) is 28.3 Å². The molecule has 0 amide bonds. The van der Waals surface area contributed by atoms with Crippen molar-refractivity contribution in [3.63, 3.8) is 0 Å². The Bertz CT molecular complexity index is 324. The highest BCUT2D eigenvalue weighted by molar-refractivity contribution is 6.35. The average Bonchev–Trinajstić information content (AvgIpc) is 1.96. The predicted octanol–water partition coefficient (Wildman–Crippen LogP) is 2.93. The molecule has 0 saturated heterocycles. The number of rotatable bonds is 2. The fourth-order valence-electron chi connectivity index (χ4n) is 1.11. The number of aliphatic carboxylic acids is 1. The first-order valence-electron chi connectivity index (χ1n) is 3.67. The molecule has 0 heterocycles. The lowest BCUT2D eigenvalue weighted by molar-refractivity contribution is -0.136. The zero-order chi connectivity index (χ0) is 10.0. The maximum absolute atomic E-state index is 10.5. The van der Waals surface area contributed by atoms with Crippen LogP contribution in [0.3, 0.4) is 0 Å². The Morgan fingerprint density at radius 2 is 2.08 bits per heavy atom. The van der Waals surface area contributed by atoms with Gasteiger partial charge in [0.15, 0.2) is 0 Å². The summed E-state index contributed by atoms with van der Waals surface area (Å²) < 4.78 is 0. The van der Waals surface area contributed by atoms with E-state index >= 15 is 0 Å². The topological polar surface area (TPSA) is 37.3 Å². The molecule has 0 aliphatic heterocycles. The highest BCUT2D eigenvalue weighted by Crippen LogP contribution is 2.25. The smallest absolute Gasteiger partial charge is 0.307 e. The lowest BCUT2D eigenvalue weighted by Crippen LogP contribution is -2.02. The Hall–Kier alpha value is -0.730. The molecule has 0 saturated carbocycles. The van der Waals surface area contributed by atoms with Crippen molar-refractivity contribution in [1.82, 2.24) is 0 Å². The maximum atomic E-state index is 10.5. The van der Waals surface area contributed by atoms with Crippen LogP contribution in [0.1, 0.15) is 11.1 Å². The van der Waals surface area contributed by atoms with E-state index in [1.54, 1.807) is 19.1 Å². The summed E-state index contributed by atoms with van der Waals surface area (Å²) in [6.45, 7) is 1.79. The first kappa shape index (κ1) is 10.4. The number of benzene rings is 1. The summed E-state index contributed by atoms with van der Waals surface area (Å²) in [6.07, 6.45) is -0.0676. The Labute approximate surface area is 86.1 Å². The SMILES string of the molecule is Cc1cc(Cl)cc(Cl)c1CC(=O)O. The molecule has 0 atom stereocenters. The largest absolute Gasteiger partial charge is 0.481 e. The molecule has 0 aromatic heterocycles. The molecular formula is C9H8Cl2O2. The van der Waals surface area contributed by atoms with Gasteiger partial charge in [-0.1, -0.05) is 23.2 Å². The predicted molar refractivity (Wildman–Crippen MR) is 52.5 cm³/mol. The molecule has 4 heteroatoms. The standard InChI is InChI=1S/C9H8Cl2O2/c1-5-2-6(10)3-8(11)7(5)4-9(12)13/h2-3H,4H2,1H3,(H,12,13). The van der Waals surface area contributed by atoms with E-state index in [9.17, 15) is 4.79 Å². The van der Waals surface area contributed by atoms with Crippen LogP contribution in [0, 0.1) is 6.92 Å². The minimum Gasteiger partial charge on any atom is -0.481 e. The van der Waals surface area contributed by atoms with Crippen LogP contribution in [0.2, 0.25) is 10.0 Å². The summed E-state index contributed by atoms with van der Waals surface area (Å²) in [5.41, 5.74) is 1.43. The molecule has 0 aliphatic rings. The summed E-state index contributed by atoms with van der Waals surface area (Å²) in [7, 11) is 0. The third-order valence-corrected chi connectivity index (χ3v) is 2.27. The van der Waals surface area contributed by atoms with Crippen molar-refractivity contribution in [2.45, 2.75) is 13.3 Å². The first-order valence-corrected chi connectivity index (χ1v) is 4.42. The van der Waals surface area contributed by atoms with Gasteiger partial charge >= 0.3 is 5.97 Å². The third kappa shape index (κ3) is 2.61. The highest BCUT2D eigenvalue weighted by Gasteiger charge is 2.09. The number of carboxylic acids is 1. The average molecular weight is 219 g/mol.